The van der Waals surface area contributed by atoms with Gasteiger partial charge < -0.3 is 20.4 Å². The minimum atomic E-state index is -0.485. The zero-order valence-electron chi connectivity index (χ0n) is 12.7. The van der Waals surface area contributed by atoms with Crippen LogP contribution < -0.4 is 5.32 Å². The summed E-state index contributed by atoms with van der Waals surface area (Å²) in [5.41, 5.74) is 1.93. The second kappa shape index (κ2) is 5.66. The van der Waals surface area contributed by atoms with Crippen molar-refractivity contribution in [3.8, 4) is 11.5 Å². The van der Waals surface area contributed by atoms with Crippen LogP contribution in [0.25, 0.3) is 0 Å². The number of nitrogens with one attached hydrogen (secondary N) is 1. The van der Waals surface area contributed by atoms with Crippen molar-refractivity contribution in [3.63, 3.8) is 0 Å². The summed E-state index contributed by atoms with van der Waals surface area (Å²) >= 11 is 5.96. The van der Waals surface area contributed by atoms with Crippen LogP contribution in [0.5, 0.6) is 11.5 Å². The number of phenolic OH excluding ortho intramolecular Hbond substituents is 2. The van der Waals surface area contributed by atoms with Gasteiger partial charge in [0.05, 0.1) is 10.6 Å². The summed E-state index contributed by atoms with van der Waals surface area (Å²) in [6.07, 6.45) is -0.485. The third kappa shape index (κ3) is 2.57. The molecule has 2 aromatic rings. The molecule has 0 saturated carbocycles. The van der Waals surface area contributed by atoms with Gasteiger partial charge in [-0.3, -0.25) is 4.79 Å². The molecule has 2 aromatic carbocycles. The predicted octanol–water partition coefficient (Wildman–Crippen LogP) is 3.73. The number of halogens is 1. The molecule has 1 aliphatic heterocycles. The number of anilines is 1. The lowest BCUT2D eigenvalue weighted by Crippen LogP contribution is -2.46. The fourth-order valence-corrected chi connectivity index (χ4v) is 3.03. The lowest BCUT2D eigenvalue weighted by molar-refractivity contribution is 0.0616. The number of fused-ring (bicyclic) bond motifs is 1. The Hall–Kier alpha value is -2.40. The van der Waals surface area contributed by atoms with E-state index in [9.17, 15) is 15.0 Å². The number of benzene rings is 2. The molecule has 120 valence electrons. The van der Waals surface area contributed by atoms with Crippen molar-refractivity contribution in [3.05, 3.63) is 52.5 Å². The minimum absolute atomic E-state index is 0.0387. The van der Waals surface area contributed by atoms with Crippen molar-refractivity contribution in [1.29, 1.82) is 0 Å². The molecule has 3 N–H and O–H groups in total. The summed E-state index contributed by atoms with van der Waals surface area (Å²) < 4.78 is 0. The van der Waals surface area contributed by atoms with Crippen molar-refractivity contribution < 1.29 is 15.0 Å². The Bertz CT molecular complexity index is 753. The van der Waals surface area contributed by atoms with Gasteiger partial charge in [0.15, 0.2) is 11.5 Å². The Kier molecular flexibility index (Phi) is 3.82. The van der Waals surface area contributed by atoms with Crippen LogP contribution in [0.2, 0.25) is 5.02 Å². The summed E-state index contributed by atoms with van der Waals surface area (Å²) in [6.45, 7) is 3.84. The smallest absolute Gasteiger partial charge is 0.258 e. The van der Waals surface area contributed by atoms with Gasteiger partial charge in [-0.2, -0.15) is 0 Å². The number of carbonyl (C=O) groups is 1. The molecule has 5 nitrogen and oxygen atoms in total. The largest absolute Gasteiger partial charge is 0.504 e. The molecule has 0 spiro atoms. The third-order valence-electron chi connectivity index (χ3n) is 3.90. The molecule has 6 heteroatoms. The van der Waals surface area contributed by atoms with E-state index in [1.807, 2.05) is 32.0 Å². The molecule has 0 aliphatic carbocycles. The quantitative estimate of drug-likeness (QED) is 0.733. The van der Waals surface area contributed by atoms with Crippen LogP contribution in [0.15, 0.2) is 36.4 Å². The number of hydrogen-bond acceptors (Lipinski definition) is 4. The molecule has 0 saturated heterocycles. The van der Waals surface area contributed by atoms with Crippen LogP contribution in [-0.2, 0) is 0 Å². The molecular formula is C17H17ClN2O3. The number of para-hydroxylation sites is 1. The van der Waals surface area contributed by atoms with E-state index in [-0.39, 0.29) is 28.5 Å². The van der Waals surface area contributed by atoms with E-state index >= 15 is 0 Å². The van der Waals surface area contributed by atoms with Gasteiger partial charge in [-0.15, -0.1) is 0 Å². The van der Waals surface area contributed by atoms with E-state index in [0.29, 0.717) is 11.1 Å². The van der Waals surface area contributed by atoms with E-state index in [2.05, 4.69) is 5.32 Å². The monoisotopic (exact) mass is 332 g/mol. The summed E-state index contributed by atoms with van der Waals surface area (Å²) in [7, 11) is 0. The first-order chi connectivity index (χ1) is 10.9. The van der Waals surface area contributed by atoms with Gasteiger partial charge in [0.2, 0.25) is 0 Å². The Balaban J connectivity index is 2.12. The highest BCUT2D eigenvalue weighted by Gasteiger charge is 2.35. The zero-order chi connectivity index (χ0) is 16.7. The second-order valence-corrected chi connectivity index (χ2v) is 6.18. The van der Waals surface area contributed by atoms with Crippen molar-refractivity contribution >= 4 is 23.2 Å². The van der Waals surface area contributed by atoms with Gasteiger partial charge in [-0.1, -0.05) is 23.7 Å². The summed E-state index contributed by atoms with van der Waals surface area (Å²) in [5, 5.41) is 22.8. The second-order valence-electron chi connectivity index (χ2n) is 5.77. The first-order valence-corrected chi connectivity index (χ1v) is 7.67. The van der Waals surface area contributed by atoms with Gasteiger partial charge in [-0.05, 0) is 38.1 Å². The predicted molar refractivity (Wildman–Crippen MR) is 88.9 cm³/mol. The summed E-state index contributed by atoms with van der Waals surface area (Å²) in [5.74, 6) is -0.776. The molecule has 0 fully saturated rings. The summed E-state index contributed by atoms with van der Waals surface area (Å²) in [6, 6.07) is 10.2. The lowest BCUT2D eigenvalue weighted by Gasteiger charge is -2.40. The van der Waals surface area contributed by atoms with Crippen molar-refractivity contribution in [2.45, 2.75) is 26.1 Å². The topological polar surface area (TPSA) is 72.8 Å². The zero-order valence-corrected chi connectivity index (χ0v) is 13.5. The molecule has 3 rings (SSSR count). The average molecular weight is 333 g/mol. The minimum Gasteiger partial charge on any atom is -0.504 e. The number of aromatic hydroxyl groups is 2. The third-order valence-corrected chi connectivity index (χ3v) is 4.19. The lowest BCUT2D eigenvalue weighted by atomic mass is 10.0. The maximum atomic E-state index is 12.8. The Morgan fingerprint density at radius 1 is 1.22 bits per heavy atom. The SMILES string of the molecule is CC(C)N1C(=O)c2ccccc2NC1c1cc(O)c(O)c(Cl)c1. The van der Waals surface area contributed by atoms with E-state index in [1.54, 1.807) is 17.0 Å². The standard InChI is InChI=1S/C17H17ClN2O3/c1-9(2)20-16(10-7-12(18)15(22)14(21)8-10)19-13-6-4-3-5-11(13)17(20)23/h3-9,16,19,21-22H,1-2H3. The molecule has 0 bridgehead atoms. The molecule has 1 aliphatic rings. The van der Waals surface area contributed by atoms with Crippen LogP contribution in [0.4, 0.5) is 5.69 Å². The van der Waals surface area contributed by atoms with E-state index in [4.69, 9.17) is 11.6 Å². The highest BCUT2D eigenvalue weighted by atomic mass is 35.5. The number of hydrogen-bond donors (Lipinski definition) is 3. The van der Waals surface area contributed by atoms with Gasteiger partial charge in [0, 0.05) is 17.3 Å². The molecule has 1 amide bonds. The normalized spacial score (nSPS) is 17.1. The van der Waals surface area contributed by atoms with Crippen LogP contribution >= 0.6 is 11.6 Å². The first kappa shape index (κ1) is 15.5. The molecule has 23 heavy (non-hydrogen) atoms. The molecule has 0 aromatic heterocycles. The Labute approximate surface area is 139 Å². The maximum Gasteiger partial charge on any atom is 0.258 e. The maximum absolute atomic E-state index is 12.8. The van der Waals surface area contributed by atoms with Gasteiger partial charge in [-0.25, -0.2) is 0 Å². The molecule has 0 radical (unpaired) electrons. The van der Waals surface area contributed by atoms with Gasteiger partial charge in [0.25, 0.3) is 5.91 Å². The molecule has 1 unspecified atom stereocenters. The number of carbonyl (C=O) groups excluding carboxylic acids is 1. The number of phenols is 2. The van der Waals surface area contributed by atoms with Crippen LogP contribution in [0.3, 0.4) is 0 Å². The van der Waals surface area contributed by atoms with Crippen molar-refractivity contribution in [1.82, 2.24) is 4.90 Å². The van der Waals surface area contributed by atoms with Gasteiger partial charge >= 0.3 is 0 Å². The van der Waals surface area contributed by atoms with E-state index < -0.39 is 6.17 Å². The fourth-order valence-electron chi connectivity index (χ4n) is 2.81. The van der Waals surface area contributed by atoms with Crippen molar-refractivity contribution in [2.24, 2.45) is 0 Å². The highest BCUT2D eigenvalue weighted by Crippen LogP contribution is 2.40. The van der Waals surface area contributed by atoms with Crippen LogP contribution in [0, 0.1) is 0 Å². The number of nitrogens with zero attached hydrogens (tertiary/aromatic N) is 1. The van der Waals surface area contributed by atoms with E-state index in [1.165, 1.54) is 6.07 Å². The van der Waals surface area contributed by atoms with Gasteiger partial charge in [0.1, 0.15) is 6.17 Å². The Morgan fingerprint density at radius 2 is 1.91 bits per heavy atom. The molecular weight excluding hydrogens is 316 g/mol. The van der Waals surface area contributed by atoms with E-state index in [0.717, 1.165) is 5.69 Å². The van der Waals surface area contributed by atoms with Crippen LogP contribution in [-0.4, -0.2) is 27.1 Å². The average Bonchev–Trinajstić information content (AvgIpc) is 2.51. The molecule has 1 heterocycles. The fraction of sp³-hybridized carbons (Fsp3) is 0.235. The first-order valence-electron chi connectivity index (χ1n) is 7.29. The summed E-state index contributed by atoms with van der Waals surface area (Å²) in [4.78, 5) is 14.5. The number of amides is 1. The van der Waals surface area contributed by atoms with Crippen LogP contribution in [0.1, 0.15) is 35.9 Å². The van der Waals surface area contributed by atoms with Crippen molar-refractivity contribution in [2.75, 3.05) is 5.32 Å². The Morgan fingerprint density at radius 3 is 2.57 bits per heavy atom. The number of rotatable bonds is 2. The molecule has 1 atom stereocenters. The highest BCUT2D eigenvalue weighted by molar-refractivity contribution is 6.32.